The number of carbonyl (C=O) groups excluding carboxylic acids is 1. The molecule has 0 radical (unpaired) electrons. The van der Waals surface area contributed by atoms with Crippen molar-refractivity contribution in [2.75, 3.05) is 13.1 Å². The second kappa shape index (κ2) is 5.18. The SMILES string of the molecule is CC1CC1CNC(=O)N(CC(=O)O)C(C)C. The molecular weight excluding hydrogens is 208 g/mol. The van der Waals surface area contributed by atoms with Gasteiger partial charge in [-0.2, -0.15) is 0 Å². The van der Waals surface area contributed by atoms with Gasteiger partial charge >= 0.3 is 12.0 Å². The van der Waals surface area contributed by atoms with Gasteiger partial charge in [0, 0.05) is 12.6 Å². The van der Waals surface area contributed by atoms with Crippen LogP contribution >= 0.6 is 0 Å². The topological polar surface area (TPSA) is 69.6 Å². The molecule has 92 valence electrons. The van der Waals surface area contributed by atoms with Crippen molar-refractivity contribution in [3.05, 3.63) is 0 Å². The van der Waals surface area contributed by atoms with E-state index in [0.29, 0.717) is 18.4 Å². The van der Waals surface area contributed by atoms with Gasteiger partial charge in [0.25, 0.3) is 0 Å². The van der Waals surface area contributed by atoms with Crippen LogP contribution in [0.15, 0.2) is 0 Å². The normalized spacial score (nSPS) is 23.0. The average molecular weight is 228 g/mol. The van der Waals surface area contributed by atoms with E-state index in [1.54, 1.807) is 0 Å². The molecule has 5 heteroatoms. The fourth-order valence-electron chi connectivity index (χ4n) is 1.64. The van der Waals surface area contributed by atoms with Gasteiger partial charge in [-0.25, -0.2) is 4.79 Å². The molecule has 0 heterocycles. The van der Waals surface area contributed by atoms with Crippen molar-refractivity contribution in [3.63, 3.8) is 0 Å². The molecule has 0 aromatic rings. The van der Waals surface area contributed by atoms with Gasteiger partial charge in [0.15, 0.2) is 0 Å². The molecular formula is C11H20N2O3. The minimum atomic E-state index is -0.983. The second-order valence-corrected chi connectivity index (χ2v) is 4.77. The van der Waals surface area contributed by atoms with E-state index < -0.39 is 5.97 Å². The van der Waals surface area contributed by atoms with Gasteiger partial charge in [0.1, 0.15) is 6.54 Å². The van der Waals surface area contributed by atoms with Crippen LogP contribution in [0.2, 0.25) is 0 Å². The van der Waals surface area contributed by atoms with E-state index in [1.807, 2.05) is 13.8 Å². The van der Waals surface area contributed by atoms with Gasteiger partial charge in [-0.05, 0) is 32.1 Å². The van der Waals surface area contributed by atoms with Crippen LogP contribution in [0.3, 0.4) is 0 Å². The summed E-state index contributed by atoms with van der Waals surface area (Å²) < 4.78 is 0. The Bertz CT molecular complexity index is 278. The van der Waals surface area contributed by atoms with Gasteiger partial charge in [-0.1, -0.05) is 6.92 Å². The summed E-state index contributed by atoms with van der Waals surface area (Å²) in [5.74, 6) is 0.277. The van der Waals surface area contributed by atoms with Gasteiger partial charge in [0.05, 0.1) is 0 Å². The largest absolute Gasteiger partial charge is 0.480 e. The third-order valence-electron chi connectivity index (χ3n) is 2.98. The van der Waals surface area contributed by atoms with E-state index in [4.69, 9.17) is 5.11 Å². The summed E-state index contributed by atoms with van der Waals surface area (Å²) >= 11 is 0. The Morgan fingerprint density at radius 3 is 2.44 bits per heavy atom. The van der Waals surface area contributed by atoms with Crippen LogP contribution in [-0.2, 0) is 4.79 Å². The number of carboxylic acid groups (broad SMARTS) is 1. The molecule has 2 amide bonds. The maximum atomic E-state index is 11.7. The highest BCUT2D eigenvalue weighted by molar-refractivity contribution is 5.80. The van der Waals surface area contributed by atoms with Crippen molar-refractivity contribution in [1.29, 1.82) is 0 Å². The fourth-order valence-corrected chi connectivity index (χ4v) is 1.64. The molecule has 1 aliphatic rings. The van der Waals surface area contributed by atoms with Gasteiger partial charge in [0.2, 0.25) is 0 Å². The Morgan fingerprint density at radius 2 is 2.06 bits per heavy atom. The summed E-state index contributed by atoms with van der Waals surface area (Å²) in [4.78, 5) is 23.6. The zero-order chi connectivity index (χ0) is 12.3. The Balaban J connectivity index is 2.37. The number of hydrogen-bond donors (Lipinski definition) is 2. The highest BCUT2D eigenvalue weighted by atomic mass is 16.4. The molecule has 0 bridgehead atoms. The first-order valence-corrected chi connectivity index (χ1v) is 5.68. The summed E-state index contributed by atoms with van der Waals surface area (Å²) in [6.07, 6.45) is 1.15. The molecule has 0 aliphatic heterocycles. The highest BCUT2D eigenvalue weighted by Gasteiger charge is 2.33. The third-order valence-corrected chi connectivity index (χ3v) is 2.98. The molecule has 2 atom stereocenters. The molecule has 1 rings (SSSR count). The van der Waals surface area contributed by atoms with Crippen LogP contribution in [0.5, 0.6) is 0 Å². The van der Waals surface area contributed by atoms with E-state index in [1.165, 1.54) is 4.90 Å². The number of amides is 2. The third kappa shape index (κ3) is 3.72. The zero-order valence-electron chi connectivity index (χ0n) is 10.1. The lowest BCUT2D eigenvalue weighted by Crippen LogP contribution is -2.47. The number of hydrogen-bond acceptors (Lipinski definition) is 2. The zero-order valence-corrected chi connectivity index (χ0v) is 10.1. The summed E-state index contributed by atoms with van der Waals surface area (Å²) in [7, 11) is 0. The van der Waals surface area contributed by atoms with Gasteiger partial charge in [-0.3, -0.25) is 4.79 Å². The number of carboxylic acids is 1. The maximum absolute atomic E-state index is 11.7. The van der Waals surface area contributed by atoms with Crippen molar-refractivity contribution in [2.24, 2.45) is 11.8 Å². The number of carbonyl (C=O) groups is 2. The minimum Gasteiger partial charge on any atom is -0.480 e. The molecule has 0 saturated heterocycles. The van der Waals surface area contributed by atoms with Crippen LogP contribution in [0.25, 0.3) is 0 Å². The molecule has 0 aromatic carbocycles. The smallest absolute Gasteiger partial charge is 0.323 e. The molecule has 5 nitrogen and oxygen atoms in total. The maximum Gasteiger partial charge on any atom is 0.323 e. The van der Waals surface area contributed by atoms with Crippen molar-refractivity contribution < 1.29 is 14.7 Å². The van der Waals surface area contributed by atoms with Crippen LogP contribution < -0.4 is 5.32 Å². The average Bonchev–Trinajstić information content (AvgIpc) is 2.87. The van der Waals surface area contributed by atoms with E-state index in [2.05, 4.69) is 12.2 Å². The summed E-state index contributed by atoms with van der Waals surface area (Å²) in [5, 5.41) is 11.5. The lowest BCUT2D eigenvalue weighted by atomic mass is 10.3. The number of aliphatic carboxylic acids is 1. The second-order valence-electron chi connectivity index (χ2n) is 4.77. The first-order chi connectivity index (χ1) is 7.41. The number of nitrogens with one attached hydrogen (secondary N) is 1. The fraction of sp³-hybridized carbons (Fsp3) is 0.818. The number of urea groups is 1. The first kappa shape index (κ1) is 12.8. The minimum absolute atomic E-state index is 0.104. The molecule has 1 saturated carbocycles. The predicted octanol–water partition coefficient (Wildman–Crippen LogP) is 1.15. The number of nitrogens with zero attached hydrogens (tertiary/aromatic N) is 1. The lowest BCUT2D eigenvalue weighted by Gasteiger charge is -2.25. The Kier molecular flexibility index (Phi) is 4.15. The van der Waals surface area contributed by atoms with Crippen LogP contribution in [0.4, 0.5) is 4.79 Å². The standard InChI is InChI=1S/C11H20N2O3/c1-7(2)13(6-10(14)15)11(16)12-5-9-4-8(9)3/h7-9H,4-6H2,1-3H3,(H,12,16)(H,14,15). The van der Waals surface area contributed by atoms with Crippen LogP contribution in [0, 0.1) is 11.8 Å². The van der Waals surface area contributed by atoms with Gasteiger partial charge < -0.3 is 15.3 Å². The van der Waals surface area contributed by atoms with Crippen molar-refractivity contribution in [1.82, 2.24) is 10.2 Å². The summed E-state index contributed by atoms with van der Waals surface area (Å²) in [5.41, 5.74) is 0. The predicted molar refractivity (Wildman–Crippen MR) is 60.1 cm³/mol. The quantitative estimate of drug-likeness (QED) is 0.741. The van der Waals surface area contributed by atoms with E-state index >= 15 is 0 Å². The van der Waals surface area contributed by atoms with E-state index in [9.17, 15) is 9.59 Å². The van der Waals surface area contributed by atoms with Gasteiger partial charge in [-0.15, -0.1) is 0 Å². The van der Waals surface area contributed by atoms with E-state index in [0.717, 1.165) is 6.42 Å². The summed E-state index contributed by atoms with van der Waals surface area (Å²) in [6, 6.07) is -0.385. The van der Waals surface area contributed by atoms with Crippen molar-refractivity contribution in [3.8, 4) is 0 Å². The molecule has 16 heavy (non-hydrogen) atoms. The number of rotatable bonds is 5. The molecule has 1 fully saturated rings. The highest BCUT2D eigenvalue weighted by Crippen LogP contribution is 2.36. The molecule has 2 unspecified atom stereocenters. The monoisotopic (exact) mass is 228 g/mol. The first-order valence-electron chi connectivity index (χ1n) is 5.68. The Labute approximate surface area is 95.8 Å². The van der Waals surface area contributed by atoms with Crippen molar-refractivity contribution >= 4 is 12.0 Å². The van der Waals surface area contributed by atoms with Crippen molar-refractivity contribution in [2.45, 2.75) is 33.2 Å². The molecule has 0 spiro atoms. The molecule has 2 N–H and O–H groups in total. The van der Waals surface area contributed by atoms with Crippen LogP contribution in [-0.4, -0.2) is 41.1 Å². The Morgan fingerprint density at radius 1 is 1.50 bits per heavy atom. The molecule has 1 aliphatic carbocycles. The van der Waals surface area contributed by atoms with Crippen LogP contribution in [0.1, 0.15) is 27.2 Å². The summed E-state index contributed by atoms with van der Waals surface area (Å²) in [6.45, 7) is 6.17. The molecule has 0 aromatic heterocycles. The Hall–Kier alpha value is -1.26. The van der Waals surface area contributed by atoms with E-state index in [-0.39, 0.29) is 18.6 Å². The lowest BCUT2D eigenvalue weighted by molar-refractivity contribution is -0.138.